The topological polar surface area (TPSA) is 92.8 Å². The number of hydrogen-bond acceptors (Lipinski definition) is 5. The Balaban J connectivity index is 1.05. The third-order valence-electron chi connectivity index (χ3n) is 10.6. The highest BCUT2D eigenvalue weighted by Gasteiger charge is 2.64. The molecule has 0 aromatic heterocycles. The molecular weight excluding hydrogens is 504 g/mol. The number of anilines is 2. The van der Waals surface area contributed by atoms with Crippen molar-refractivity contribution in [3.63, 3.8) is 0 Å². The van der Waals surface area contributed by atoms with Crippen molar-refractivity contribution in [2.24, 2.45) is 35.5 Å². The summed E-state index contributed by atoms with van der Waals surface area (Å²) >= 11 is 0. The maximum atomic E-state index is 14.1. The van der Waals surface area contributed by atoms with Gasteiger partial charge in [0.25, 0.3) is 0 Å². The van der Waals surface area contributed by atoms with E-state index in [1.54, 1.807) is 24.3 Å². The van der Waals surface area contributed by atoms with Gasteiger partial charge in [-0.05, 0) is 59.2 Å². The summed E-state index contributed by atoms with van der Waals surface area (Å²) in [6.45, 7) is 0. The maximum absolute atomic E-state index is 14.1. The van der Waals surface area contributed by atoms with Crippen LogP contribution in [-0.2, 0) is 23.9 Å². The molecule has 3 aromatic rings. The van der Waals surface area contributed by atoms with E-state index in [1.807, 2.05) is 24.3 Å². The summed E-state index contributed by atoms with van der Waals surface area (Å²) in [4.78, 5) is 55.3. The molecule has 4 bridgehead atoms. The number of rotatable bonds is 3. The monoisotopic (exact) mass is 530 g/mol. The fourth-order valence-electron chi connectivity index (χ4n) is 9.24. The number of nitrogens with zero attached hydrogens (tertiary/aromatic N) is 1. The van der Waals surface area contributed by atoms with Gasteiger partial charge in [0.1, 0.15) is 6.10 Å². The van der Waals surface area contributed by atoms with E-state index in [9.17, 15) is 19.2 Å². The van der Waals surface area contributed by atoms with Crippen molar-refractivity contribution in [1.82, 2.24) is 0 Å². The van der Waals surface area contributed by atoms with Gasteiger partial charge in [-0.15, -0.1) is 0 Å². The highest BCUT2D eigenvalue weighted by molar-refractivity contribution is 6.23. The quantitative estimate of drug-likeness (QED) is 0.404. The Morgan fingerprint density at radius 3 is 1.95 bits per heavy atom. The van der Waals surface area contributed by atoms with Crippen molar-refractivity contribution in [3.8, 4) is 0 Å². The summed E-state index contributed by atoms with van der Waals surface area (Å²) in [5.74, 6) is -2.55. The summed E-state index contributed by atoms with van der Waals surface area (Å²) < 4.78 is 5.49. The molecule has 10 rings (SSSR count). The Morgan fingerprint density at radius 2 is 1.35 bits per heavy atom. The standard InChI is InChI=1S/C33H26N2O5/c36-30(24-15-12-22-23(13-15)40-33(39)27(22)24)34-16-6-5-7-17(14-16)35-31(37)28-25-18-8-1-2-9-19(18)26(29(28)32(35)38)21-11-4-3-10-20(21)25/h1-11,14-15,22-29H,12-13H2,(H,34,36)/t15-,22+,23-,24-,25?,26?,27+,28-,29+/m1/s1. The second-order valence-electron chi connectivity index (χ2n) is 12.2. The number of benzene rings is 3. The normalized spacial score (nSPS) is 35.5. The molecule has 7 heteroatoms. The zero-order chi connectivity index (χ0) is 26.9. The average Bonchev–Trinajstić information content (AvgIpc) is 3.67. The van der Waals surface area contributed by atoms with Gasteiger partial charge in [0.2, 0.25) is 17.7 Å². The van der Waals surface area contributed by atoms with Crippen LogP contribution in [0.5, 0.6) is 0 Å². The molecule has 1 N–H and O–H groups in total. The third kappa shape index (κ3) is 2.70. The van der Waals surface area contributed by atoms with Crippen LogP contribution < -0.4 is 10.2 Å². The van der Waals surface area contributed by atoms with E-state index < -0.39 is 17.8 Å². The molecule has 3 amide bonds. The highest BCUT2D eigenvalue weighted by atomic mass is 16.6. The van der Waals surface area contributed by atoms with Crippen LogP contribution in [0.4, 0.5) is 11.4 Å². The molecule has 2 saturated heterocycles. The summed E-state index contributed by atoms with van der Waals surface area (Å²) in [5.41, 5.74) is 5.51. The molecule has 7 aliphatic rings. The number of nitrogens with one attached hydrogen (secondary N) is 1. The molecule has 2 aliphatic heterocycles. The van der Waals surface area contributed by atoms with Gasteiger partial charge in [0.05, 0.1) is 29.4 Å². The number of carbonyl (C=O) groups excluding carboxylic acids is 4. The van der Waals surface area contributed by atoms with Gasteiger partial charge >= 0.3 is 5.97 Å². The first-order valence-corrected chi connectivity index (χ1v) is 14.2. The zero-order valence-corrected chi connectivity index (χ0v) is 21.5. The van der Waals surface area contributed by atoms with Crippen LogP contribution in [0.3, 0.4) is 0 Å². The van der Waals surface area contributed by atoms with E-state index in [-0.39, 0.29) is 59.4 Å². The van der Waals surface area contributed by atoms with Crippen LogP contribution in [0.1, 0.15) is 46.9 Å². The Morgan fingerprint density at radius 1 is 0.750 bits per heavy atom. The van der Waals surface area contributed by atoms with Crippen molar-refractivity contribution in [2.75, 3.05) is 10.2 Å². The molecule has 0 unspecified atom stereocenters. The van der Waals surface area contributed by atoms with Crippen molar-refractivity contribution >= 4 is 35.1 Å². The third-order valence-corrected chi connectivity index (χ3v) is 10.6. The number of imide groups is 1. The minimum Gasteiger partial charge on any atom is -0.462 e. The Hall–Kier alpha value is -4.26. The minimum absolute atomic E-state index is 0.0295. The summed E-state index contributed by atoms with van der Waals surface area (Å²) in [7, 11) is 0. The molecule has 198 valence electrons. The smallest absolute Gasteiger partial charge is 0.310 e. The first-order valence-electron chi connectivity index (χ1n) is 14.2. The predicted molar refractivity (Wildman–Crippen MR) is 144 cm³/mol. The van der Waals surface area contributed by atoms with E-state index in [1.165, 1.54) is 4.90 Å². The molecule has 7 atom stereocenters. The Bertz CT molecular complexity index is 1560. The lowest BCUT2D eigenvalue weighted by Crippen LogP contribution is -2.41. The maximum Gasteiger partial charge on any atom is 0.310 e. The van der Waals surface area contributed by atoms with Crippen molar-refractivity contribution < 1.29 is 23.9 Å². The highest BCUT2D eigenvalue weighted by Crippen LogP contribution is 2.61. The predicted octanol–water partition coefficient (Wildman–Crippen LogP) is 4.22. The largest absolute Gasteiger partial charge is 0.462 e. The minimum atomic E-state index is -0.462. The first-order chi connectivity index (χ1) is 19.5. The van der Waals surface area contributed by atoms with E-state index >= 15 is 0 Å². The molecule has 5 aliphatic carbocycles. The van der Waals surface area contributed by atoms with Crippen molar-refractivity contribution in [1.29, 1.82) is 0 Å². The van der Waals surface area contributed by atoms with Crippen molar-refractivity contribution in [3.05, 3.63) is 95.1 Å². The second-order valence-corrected chi connectivity index (χ2v) is 12.2. The molecule has 7 nitrogen and oxygen atoms in total. The van der Waals surface area contributed by atoms with E-state index in [4.69, 9.17) is 4.74 Å². The summed E-state index contributed by atoms with van der Waals surface area (Å²) in [5, 5.41) is 2.99. The second kappa shape index (κ2) is 7.68. The lowest BCUT2D eigenvalue weighted by Gasteiger charge is -2.45. The zero-order valence-electron chi connectivity index (χ0n) is 21.5. The fourth-order valence-corrected chi connectivity index (χ4v) is 9.24. The van der Waals surface area contributed by atoms with Gasteiger partial charge < -0.3 is 10.1 Å². The van der Waals surface area contributed by atoms with Crippen molar-refractivity contribution in [2.45, 2.75) is 30.8 Å². The molecule has 0 spiro atoms. The van der Waals surface area contributed by atoms with Crippen LogP contribution in [-0.4, -0.2) is 29.8 Å². The number of carbonyl (C=O) groups is 4. The van der Waals surface area contributed by atoms with E-state index in [0.717, 1.165) is 35.1 Å². The number of hydrogen-bond donors (Lipinski definition) is 1. The van der Waals surface area contributed by atoms with Crippen LogP contribution in [0.25, 0.3) is 0 Å². The SMILES string of the molecule is O=C(Nc1cccc(N2C(=O)[C@@H]3C4c5ccccc5C(c5ccccc54)[C@@H]3C2=O)c1)[C@@H]1[C@@H]2C[C@@H]3[C@@H]1C(=O)O[C@@H]3C2. The fraction of sp³-hybridized carbons (Fsp3) is 0.333. The lowest BCUT2D eigenvalue weighted by atomic mass is 9.55. The van der Waals surface area contributed by atoms with Crippen LogP contribution in [0, 0.1) is 35.5 Å². The Kier molecular flexibility index (Phi) is 4.33. The molecule has 40 heavy (non-hydrogen) atoms. The van der Waals surface area contributed by atoms with Gasteiger partial charge in [-0.25, -0.2) is 4.90 Å². The molecule has 0 radical (unpaired) electrons. The van der Waals surface area contributed by atoms with Crippen LogP contribution in [0.15, 0.2) is 72.8 Å². The first kappa shape index (κ1) is 22.5. The summed E-state index contributed by atoms with van der Waals surface area (Å²) in [6, 6.07) is 23.4. The molecular formula is C33H26N2O5. The Labute approximate surface area is 230 Å². The van der Waals surface area contributed by atoms with Crippen LogP contribution in [0.2, 0.25) is 0 Å². The summed E-state index contributed by atoms with van der Waals surface area (Å²) in [6.07, 6.45) is 1.57. The number of ether oxygens (including phenoxy) is 1. The molecule has 2 saturated carbocycles. The average molecular weight is 531 g/mol. The number of fused-ring (bicyclic) bond motifs is 1. The lowest BCUT2D eigenvalue weighted by molar-refractivity contribution is -0.145. The molecule has 4 fully saturated rings. The van der Waals surface area contributed by atoms with Gasteiger partial charge in [0, 0.05) is 23.4 Å². The molecule has 2 heterocycles. The van der Waals surface area contributed by atoms with E-state index in [2.05, 4.69) is 29.6 Å². The van der Waals surface area contributed by atoms with Gasteiger partial charge in [0.15, 0.2) is 0 Å². The molecule has 3 aromatic carbocycles. The van der Waals surface area contributed by atoms with Gasteiger partial charge in [-0.2, -0.15) is 0 Å². The van der Waals surface area contributed by atoms with Gasteiger partial charge in [-0.3, -0.25) is 19.2 Å². The van der Waals surface area contributed by atoms with E-state index in [0.29, 0.717) is 11.4 Å². The number of amides is 3. The van der Waals surface area contributed by atoms with Crippen LogP contribution >= 0.6 is 0 Å². The van der Waals surface area contributed by atoms with Gasteiger partial charge in [-0.1, -0.05) is 54.6 Å². The number of esters is 1.